The molecule has 1 amide bonds. The number of ether oxygens (including phenoxy) is 1. The van der Waals surface area contributed by atoms with Crippen molar-refractivity contribution in [2.75, 3.05) is 20.2 Å². The minimum absolute atomic E-state index is 0.0196. The molecule has 21 heavy (non-hydrogen) atoms. The van der Waals surface area contributed by atoms with Crippen LogP contribution in [0.2, 0.25) is 0 Å². The van der Waals surface area contributed by atoms with Gasteiger partial charge in [0.15, 0.2) is 6.61 Å². The highest BCUT2D eigenvalue weighted by molar-refractivity contribution is 9.10. The first-order valence-corrected chi connectivity index (χ1v) is 8.04. The number of amides is 1. The van der Waals surface area contributed by atoms with Crippen LogP contribution in [0.1, 0.15) is 31.2 Å². The van der Waals surface area contributed by atoms with Crippen LogP contribution in [0.4, 0.5) is 0 Å². The van der Waals surface area contributed by atoms with Gasteiger partial charge in [-0.25, -0.2) is 0 Å². The van der Waals surface area contributed by atoms with E-state index in [4.69, 9.17) is 4.74 Å². The number of halogens is 1. The van der Waals surface area contributed by atoms with Gasteiger partial charge in [0.25, 0.3) is 5.91 Å². The molecule has 1 fully saturated rings. The Hall–Kier alpha value is -1.07. The molecular formula is C16H22BrNO3. The Morgan fingerprint density at radius 3 is 2.71 bits per heavy atom. The third-order valence-electron chi connectivity index (χ3n) is 3.93. The number of hydrogen-bond acceptors (Lipinski definition) is 3. The van der Waals surface area contributed by atoms with Crippen LogP contribution in [0.25, 0.3) is 0 Å². The Bertz CT molecular complexity index is 512. The SMILES string of the molecule is Cc1ccc(OCC(=O)N(C)CC2(O)CCCC2)c(Br)c1. The Morgan fingerprint density at radius 1 is 1.43 bits per heavy atom. The molecule has 1 aliphatic rings. The van der Waals surface area contributed by atoms with E-state index in [0.29, 0.717) is 12.3 Å². The zero-order valence-electron chi connectivity index (χ0n) is 12.6. The van der Waals surface area contributed by atoms with Crippen LogP contribution in [0.3, 0.4) is 0 Å². The summed E-state index contributed by atoms with van der Waals surface area (Å²) in [6.45, 7) is 2.36. The molecule has 5 heteroatoms. The van der Waals surface area contributed by atoms with Crippen LogP contribution < -0.4 is 4.74 Å². The number of likely N-dealkylation sites (N-methyl/N-ethyl adjacent to an activating group) is 1. The van der Waals surface area contributed by atoms with E-state index in [1.807, 2.05) is 25.1 Å². The van der Waals surface area contributed by atoms with Crippen molar-refractivity contribution in [3.63, 3.8) is 0 Å². The monoisotopic (exact) mass is 355 g/mol. The summed E-state index contributed by atoms with van der Waals surface area (Å²) < 4.78 is 6.39. The Labute approximate surface area is 134 Å². The van der Waals surface area contributed by atoms with Gasteiger partial charge in [-0.05, 0) is 53.4 Å². The molecule has 1 saturated carbocycles. The molecule has 0 atom stereocenters. The molecule has 116 valence electrons. The number of carbonyl (C=O) groups is 1. The minimum atomic E-state index is -0.713. The lowest BCUT2D eigenvalue weighted by Crippen LogP contribution is -2.43. The van der Waals surface area contributed by atoms with Crippen molar-refractivity contribution < 1.29 is 14.6 Å². The normalized spacial score (nSPS) is 16.8. The molecule has 0 bridgehead atoms. The summed E-state index contributed by atoms with van der Waals surface area (Å²) in [7, 11) is 1.71. The molecule has 0 saturated heterocycles. The van der Waals surface area contributed by atoms with Crippen LogP contribution in [0.5, 0.6) is 5.75 Å². The highest BCUT2D eigenvalue weighted by atomic mass is 79.9. The summed E-state index contributed by atoms with van der Waals surface area (Å²) in [5.74, 6) is 0.532. The van der Waals surface area contributed by atoms with Gasteiger partial charge in [0.2, 0.25) is 0 Å². The average Bonchev–Trinajstić information content (AvgIpc) is 2.83. The standard InChI is InChI=1S/C16H22BrNO3/c1-12-5-6-14(13(17)9-12)21-10-15(19)18(2)11-16(20)7-3-4-8-16/h5-6,9,20H,3-4,7-8,10-11H2,1-2H3. The second-order valence-electron chi connectivity index (χ2n) is 5.90. The maximum atomic E-state index is 12.1. The molecule has 0 radical (unpaired) electrons. The Kier molecular flexibility index (Phi) is 5.27. The van der Waals surface area contributed by atoms with Gasteiger partial charge in [0.05, 0.1) is 10.1 Å². The first-order chi connectivity index (χ1) is 9.89. The van der Waals surface area contributed by atoms with Crippen LogP contribution in [0.15, 0.2) is 22.7 Å². The van der Waals surface area contributed by atoms with Crippen molar-refractivity contribution in [2.24, 2.45) is 0 Å². The van der Waals surface area contributed by atoms with Crippen molar-refractivity contribution in [1.82, 2.24) is 4.90 Å². The summed E-state index contributed by atoms with van der Waals surface area (Å²) in [6.07, 6.45) is 3.61. The molecule has 1 N–H and O–H groups in total. The van der Waals surface area contributed by atoms with Crippen LogP contribution in [-0.4, -0.2) is 41.7 Å². The van der Waals surface area contributed by atoms with Gasteiger partial charge in [0.1, 0.15) is 5.75 Å². The second-order valence-corrected chi connectivity index (χ2v) is 6.76. The van der Waals surface area contributed by atoms with Crippen molar-refractivity contribution in [3.8, 4) is 5.75 Å². The molecular weight excluding hydrogens is 334 g/mol. The minimum Gasteiger partial charge on any atom is -0.483 e. The number of nitrogens with zero attached hydrogens (tertiary/aromatic N) is 1. The first-order valence-electron chi connectivity index (χ1n) is 7.25. The lowest BCUT2D eigenvalue weighted by Gasteiger charge is -2.28. The predicted octanol–water partition coefficient (Wildman–Crippen LogP) is 2.90. The van der Waals surface area contributed by atoms with Crippen LogP contribution in [0, 0.1) is 6.92 Å². The topological polar surface area (TPSA) is 49.8 Å². The quantitative estimate of drug-likeness (QED) is 0.883. The summed E-state index contributed by atoms with van der Waals surface area (Å²) in [5.41, 5.74) is 0.413. The third-order valence-corrected chi connectivity index (χ3v) is 4.55. The largest absolute Gasteiger partial charge is 0.483 e. The van der Waals surface area contributed by atoms with Gasteiger partial charge in [-0.2, -0.15) is 0 Å². The maximum absolute atomic E-state index is 12.1. The van der Waals surface area contributed by atoms with Gasteiger partial charge in [-0.3, -0.25) is 4.79 Å². The third kappa shape index (κ3) is 4.45. The Balaban J connectivity index is 1.86. The van der Waals surface area contributed by atoms with Crippen LogP contribution in [-0.2, 0) is 4.79 Å². The predicted molar refractivity (Wildman–Crippen MR) is 85.4 cm³/mol. The second kappa shape index (κ2) is 6.79. The fraction of sp³-hybridized carbons (Fsp3) is 0.562. The Morgan fingerprint density at radius 2 is 2.10 bits per heavy atom. The summed E-state index contributed by atoms with van der Waals surface area (Å²) in [4.78, 5) is 13.7. The number of aliphatic hydroxyl groups is 1. The summed E-state index contributed by atoms with van der Waals surface area (Å²) >= 11 is 3.42. The van der Waals surface area contributed by atoms with Gasteiger partial charge in [-0.1, -0.05) is 18.9 Å². The molecule has 0 aromatic heterocycles. The van der Waals surface area contributed by atoms with Crippen molar-refractivity contribution >= 4 is 21.8 Å². The lowest BCUT2D eigenvalue weighted by atomic mass is 10.0. The van der Waals surface area contributed by atoms with Gasteiger partial charge in [-0.15, -0.1) is 0 Å². The molecule has 1 aromatic rings. The van der Waals surface area contributed by atoms with E-state index in [9.17, 15) is 9.90 Å². The summed E-state index contributed by atoms with van der Waals surface area (Å²) in [5, 5.41) is 10.3. The highest BCUT2D eigenvalue weighted by Crippen LogP contribution is 2.30. The molecule has 2 rings (SSSR count). The van der Waals surface area contributed by atoms with Gasteiger partial charge >= 0.3 is 0 Å². The van der Waals surface area contributed by atoms with Crippen molar-refractivity contribution in [2.45, 2.75) is 38.2 Å². The van der Waals surface area contributed by atoms with Crippen molar-refractivity contribution in [1.29, 1.82) is 0 Å². The van der Waals surface area contributed by atoms with Gasteiger partial charge < -0.3 is 14.7 Å². The molecule has 0 aliphatic heterocycles. The van der Waals surface area contributed by atoms with E-state index < -0.39 is 5.60 Å². The first kappa shape index (κ1) is 16.3. The molecule has 1 aromatic carbocycles. The number of aryl methyl sites for hydroxylation is 1. The maximum Gasteiger partial charge on any atom is 0.260 e. The number of benzene rings is 1. The summed E-state index contributed by atoms with van der Waals surface area (Å²) in [6, 6.07) is 5.73. The zero-order chi connectivity index (χ0) is 15.5. The highest BCUT2D eigenvalue weighted by Gasteiger charge is 2.33. The van der Waals surface area contributed by atoms with E-state index in [0.717, 1.165) is 35.7 Å². The number of carbonyl (C=O) groups excluding carboxylic acids is 1. The molecule has 0 unspecified atom stereocenters. The lowest BCUT2D eigenvalue weighted by molar-refractivity contribution is -0.135. The number of rotatable bonds is 5. The molecule has 1 aliphatic carbocycles. The molecule has 0 heterocycles. The fourth-order valence-corrected chi connectivity index (χ4v) is 3.30. The fourth-order valence-electron chi connectivity index (χ4n) is 2.69. The average molecular weight is 356 g/mol. The van der Waals surface area contributed by atoms with Crippen molar-refractivity contribution in [3.05, 3.63) is 28.2 Å². The smallest absolute Gasteiger partial charge is 0.260 e. The van der Waals surface area contributed by atoms with E-state index >= 15 is 0 Å². The molecule has 0 spiro atoms. The van der Waals surface area contributed by atoms with E-state index in [1.54, 1.807) is 11.9 Å². The molecule has 4 nitrogen and oxygen atoms in total. The van der Waals surface area contributed by atoms with E-state index in [-0.39, 0.29) is 12.5 Å². The van der Waals surface area contributed by atoms with Crippen LogP contribution >= 0.6 is 15.9 Å². The zero-order valence-corrected chi connectivity index (χ0v) is 14.1. The van der Waals surface area contributed by atoms with E-state index in [2.05, 4.69) is 15.9 Å². The van der Waals surface area contributed by atoms with E-state index in [1.165, 1.54) is 0 Å². The number of hydrogen-bond donors (Lipinski definition) is 1. The van der Waals surface area contributed by atoms with Gasteiger partial charge in [0, 0.05) is 13.6 Å².